The lowest BCUT2D eigenvalue weighted by atomic mass is 10.0. The Labute approximate surface area is 182 Å². The van der Waals surface area contributed by atoms with Crippen LogP contribution in [0, 0.1) is 0 Å². The van der Waals surface area contributed by atoms with E-state index in [1.54, 1.807) is 6.07 Å². The standard InChI is InChI=1S/C21H20Cl2F3NO3/c22-16-4-3-13(17(10-16)21(24,25)26)2-1-7-30-19-9-15-12-27(6-5-20(28)29)11-14(15)8-18(19)23/h3-4,8-10H,1-2,5-7,11-12H2,(H,28,29). The molecule has 0 bridgehead atoms. The number of carbonyl (C=O) groups is 1. The van der Waals surface area contributed by atoms with E-state index in [0.717, 1.165) is 17.2 Å². The molecule has 0 fully saturated rings. The van der Waals surface area contributed by atoms with Gasteiger partial charge in [-0.2, -0.15) is 13.2 Å². The molecule has 162 valence electrons. The molecule has 4 nitrogen and oxygen atoms in total. The van der Waals surface area contributed by atoms with Crippen molar-refractivity contribution in [3.8, 4) is 5.75 Å². The van der Waals surface area contributed by atoms with Crippen molar-refractivity contribution in [2.75, 3.05) is 13.2 Å². The number of carboxylic acids is 1. The lowest BCUT2D eigenvalue weighted by Gasteiger charge is -2.14. The molecule has 0 atom stereocenters. The van der Waals surface area contributed by atoms with Crippen LogP contribution in [0.4, 0.5) is 13.2 Å². The van der Waals surface area contributed by atoms with E-state index in [9.17, 15) is 18.0 Å². The maximum atomic E-state index is 13.2. The third kappa shape index (κ3) is 5.80. The van der Waals surface area contributed by atoms with Crippen LogP contribution in [0.1, 0.15) is 35.1 Å². The zero-order valence-electron chi connectivity index (χ0n) is 15.9. The Kier molecular flexibility index (Phi) is 7.16. The number of aryl methyl sites for hydroxylation is 1. The second-order valence-electron chi connectivity index (χ2n) is 7.16. The minimum Gasteiger partial charge on any atom is -0.492 e. The van der Waals surface area contributed by atoms with Gasteiger partial charge in [-0.05, 0) is 53.8 Å². The van der Waals surface area contributed by atoms with Gasteiger partial charge >= 0.3 is 12.1 Å². The molecule has 0 spiro atoms. The highest BCUT2D eigenvalue weighted by molar-refractivity contribution is 6.32. The monoisotopic (exact) mass is 461 g/mol. The molecule has 2 aromatic carbocycles. The van der Waals surface area contributed by atoms with Gasteiger partial charge in [-0.3, -0.25) is 9.69 Å². The second-order valence-corrected chi connectivity index (χ2v) is 8.00. The molecule has 1 heterocycles. The SMILES string of the molecule is O=C(O)CCN1Cc2cc(Cl)c(OCCCc3ccc(Cl)cc3C(F)(F)F)cc2C1. The average molecular weight is 462 g/mol. The van der Waals surface area contributed by atoms with Crippen LogP contribution >= 0.6 is 23.2 Å². The lowest BCUT2D eigenvalue weighted by molar-refractivity contribution is -0.138. The van der Waals surface area contributed by atoms with E-state index < -0.39 is 17.7 Å². The highest BCUT2D eigenvalue weighted by atomic mass is 35.5. The highest BCUT2D eigenvalue weighted by Crippen LogP contribution is 2.35. The summed E-state index contributed by atoms with van der Waals surface area (Å²) in [5, 5.41) is 9.29. The zero-order chi connectivity index (χ0) is 21.9. The van der Waals surface area contributed by atoms with Gasteiger partial charge in [-0.15, -0.1) is 0 Å². The third-order valence-electron chi connectivity index (χ3n) is 4.91. The summed E-state index contributed by atoms with van der Waals surface area (Å²) in [5.41, 5.74) is 1.47. The van der Waals surface area contributed by atoms with Crippen molar-refractivity contribution in [2.24, 2.45) is 0 Å². The smallest absolute Gasteiger partial charge is 0.416 e. The number of halogens is 5. The molecule has 0 unspecified atom stereocenters. The van der Waals surface area contributed by atoms with Crippen molar-refractivity contribution in [1.82, 2.24) is 4.90 Å². The van der Waals surface area contributed by atoms with E-state index in [0.29, 0.717) is 36.8 Å². The van der Waals surface area contributed by atoms with Gasteiger partial charge in [-0.25, -0.2) is 0 Å². The summed E-state index contributed by atoms with van der Waals surface area (Å²) in [5.74, 6) is -0.370. The summed E-state index contributed by atoms with van der Waals surface area (Å²) in [7, 11) is 0. The first kappa shape index (κ1) is 22.7. The first-order valence-corrected chi connectivity index (χ1v) is 10.1. The van der Waals surface area contributed by atoms with E-state index in [1.165, 1.54) is 12.1 Å². The molecule has 0 aliphatic carbocycles. The van der Waals surface area contributed by atoms with Crippen LogP contribution in [0.25, 0.3) is 0 Å². The Hall–Kier alpha value is -1.96. The Morgan fingerprint density at radius 1 is 1.13 bits per heavy atom. The number of alkyl halides is 3. The Morgan fingerprint density at radius 3 is 2.50 bits per heavy atom. The molecule has 0 aromatic heterocycles. The Bertz CT molecular complexity index is 934. The summed E-state index contributed by atoms with van der Waals surface area (Å²) in [4.78, 5) is 12.8. The second kappa shape index (κ2) is 9.45. The number of carboxylic acid groups (broad SMARTS) is 1. The third-order valence-corrected chi connectivity index (χ3v) is 5.44. The fourth-order valence-corrected chi connectivity index (χ4v) is 3.88. The molecule has 1 aliphatic heterocycles. The van der Waals surface area contributed by atoms with Crippen molar-refractivity contribution in [1.29, 1.82) is 0 Å². The fourth-order valence-electron chi connectivity index (χ4n) is 3.47. The Morgan fingerprint density at radius 2 is 1.83 bits per heavy atom. The summed E-state index contributed by atoms with van der Waals surface area (Å²) >= 11 is 12.0. The first-order chi connectivity index (χ1) is 14.1. The number of nitrogens with zero attached hydrogens (tertiary/aromatic N) is 1. The predicted molar refractivity (Wildman–Crippen MR) is 108 cm³/mol. The fraction of sp³-hybridized carbons (Fsp3) is 0.381. The van der Waals surface area contributed by atoms with Crippen LogP contribution in [0.2, 0.25) is 10.0 Å². The van der Waals surface area contributed by atoms with Gasteiger partial charge < -0.3 is 9.84 Å². The summed E-state index contributed by atoms with van der Waals surface area (Å²) in [6.07, 6.45) is -3.83. The topological polar surface area (TPSA) is 49.8 Å². The molecule has 2 aromatic rings. The molecule has 1 N–H and O–H groups in total. The summed E-state index contributed by atoms with van der Waals surface area (Å²) < 4.78 is 45.2. The van der Waals surface area contributed by atoms with Crippen molar-refractivity contribution in [2.45, 2.75) is 38.5 Å². The van der Waals surface area contributed by atoms with Gasteiger partial charge in [0.1, 0.15) is 5.75 Å². The lowest BCUT2D eigenvalue weighted by Crippen LogP contribution is -2.20. The largest absolute Gasteiger partial charge is 0.492 e. The van der Waals surface area contributed by atoms with Crippen LogP contribution in [0.3, 0.4) is 0 Å². The molecular formula is C21H20Cl2F3NO3. The molecule has 0 radical (unpaired) electrons. The molecular weight excluding hydrogens is 442 g/mol. The maximum Gasteiger partial charge on any atom is 0.416 e. The van der Waals surface area contributed by atoms with Gasteiger partial charge in [0.2, 0.25) is 0 Å². The average Bonchev–Trinajstić information content (AvgIpc) is 3.05. The van der Waals surface area contributed by atoms with Crippen LogP contribution < -0.4 is 4.74 Å². The van der Waals surface area contributed by atoms with Gasteiger partial charge in [-0.1, -0.05) is 29.3 Å². The summed E-state index contributed by atoms with van der Waals surface area (Å²) in [6.45, 7) is 1.89. The Balaban J connectivity index is 1.57. The highest BCUT2D eigenvalue weighted by Gasteiger charge is 2.33. The van der Waals surface area contributed by atoms with E-state index in [2.05, 4.69) is 0 Å². The predicted octanol–water partition coefficient (Wildman–Crippen LogP) is 5.81. The van der Waals surface area contributed by atoms with E-state index in [4.69, 9.17) is 33.0 Å². The minimum atomic E-state index is -4.46. The number of benzene rings is 2. The molecule has 30 heavy (non-hydrogen) atoms. The quantitative estimate of drug-likeness (QED) is 0.503. The normalized spacial score (nSPS) is 14.0. The number of aliphatic carboxylic acids is 1. The number of hydrogen-bond acceptors (Lipinski definition) is 3. The van der Waals surface area contributed by atoms with Gasteiger partial charge in [0.05, 0.1) is 23.6 Å². The molecule has 0 saturated heterocycles. The van der Waals surface area contributed by atoms with E-state index in [-0.39, 0.29) is 30.0 Å². The molecule has 3 rings (SSSR count). The van der Waals surface area contributed by atoms with Crippen molar-refractivity contribution < 1.29 is 27.8 Å². The number of rotatable bonds is 8. The zero-order valence-corrected chi connectivity index (χ0v) is 17.4. The van der Waals surface area contributed by atoms with Gasteiger partial charge in [0.25, 0.3) is 0 Å². The minimum absolute atomic E-state index is 0.0460. The molecule has 0 amide bonds. The first-order valence-electron chi connectivity index (χ1n) is 9.37. The summed E-state index contributed by atoms with van der Waals surface area (Å²) in [6, 6.07) is 7.39. The molecule has 1 aliphatic rings. The molecule has 9 heteroatoms. The number of hydrogen-bond donors (Lipinski definition) is 1. The van der Waals surface area contributed by atoms with Crippen molar-refractivity contribution >= 4 is 29.2 Å². The van der Waals surface area contributed by atoms with E-state index >= 15 is 0 Å². The maximum absolute atomic E-state index is 13.2. The van der Waals surface area contributed by atoms with Crippen molar-refractivity contribution in [3.05, 3.63) is 62.6 Å². The van der Waals surface area contributed by atoms with E-state index in [1.807, 2.05) is 11.0 Å². The number of fused-ring (bicyclic) bond motifs is 1. The van der Waals surface area contributed by atoms with Crippen molar-refractivity contribution in [3.63, 3.8) is 0 Å². The van der Waals surface area contributed by atoms with Crippen LogP contribution in [-0.4, -0.2) is 29.1 Å². The molecule has 0 saturated carbocycles. The van der Waals surface area contributed by atoms with Gasteiger partial charge in [0, 0.05) is 24.7 Å². The van der Waals surface area contributed by atoms with Crippen LogP contribution in [-0.2, 0) is 30.5 Å². The number of ether oxygens (including phenoxy) is 1. The van der Waals surface area contributed by atoms with Crippen LogP contribution in [0.5, 0.6) is 5.75 Å². The van der Waals surface area contributed by atoms with Gasteiger partial charge in [0.15, 0.2) is 0 Å². The van der Waals surface area contributed by atoms with Crippen LogP contribution in [0.15, 0.2) is 30.3 Å².